The first-order valence-corrected chi connectivity index (χ1v) is 4.56. The molecule has 1 nitrogen and oxygen atoms in total. The van der Waals surface area contributed by atoms with Crippen LogP contribution in [0.25, 0.3) is 5.70 Å². The fourth-order valence-corrected chi connectivity index (χ4v) is 1.78. The Balaban J connectivity index is 3.37. The molecule has 0 aliphatic carbocycles. The van der Waals surface area contributed by atoms with Gasteiger partial charge < -0.3 is 5.73 Å². The zero-order valence-corrected chi connectivity index (χ0v) is 8.81. The minimum atomic E-state index is 0.870. The van der Waals surface area contributed by atoms with E-state index in [1.54, 1.807) is 0 Å². The second-order valence-corrected chi connectivity index (χ2v) is 3.52. The number of hydrogen-bond acceptors (Lipinski definition) is 1. The summed E-state index contributed by atoms with van der Waals surface area (Å²) in [6.45, 7) is 8.28. The lowest BCUT2D eigenvalue weighted by molar-refractivity contribution is 1.27. The Bertz CT molecular complexity index is 325. The summed E-state index contributed by atoms with van der Waals surface area (Å²) in [5.74, 6) is 0. The van der Waals surface area contributed by atoms with E-state index in [0.29, 0.717) is 0 Å². The summed E-state index contributed by atoms with van der Waals surface area (Å²) >= 11 is 0. The molecule has 1 heteroatoms. The first kappa shape index (κ1) is 9.85. The summed E-state index contributed by atoms with van der Waals surface area (Å²) in [4.78, 5) is 0. The smallest absolute Gasteiger partial charge is 0.0349 e. The molecule has 0 aliphatic heterocycles. The Morgan fingerprint density at radius 3 is 2.00 bits per heavy atom. The lowest BCUT2D eigenvalue weighted by Crippen LogP contribution is -2.01. The van der Waals surface area contributed by atoms with Gasteiger partial charge in [-0.3, -0.25) is 0 Å². The van der Waals surface area contributed by atoms with Crippen molar-refractivity contribution in [2.45, 2.75) is 27.7 Å². The largest absolute Gasteiger partial charge is 0.398 e. The van der Waals surface area contributed by atoms with Crippen LogP contribution in [0, 0.1) is 20.8 Å². The standard InChI is InChI=1S/C12H17N/c1-5-11(13)12-9(3)6-8(2)7-10(12)4/h5-7H,13H2,1-4H3/b11-5-. The topological polar surface area (TPSA) is 26.0 Å². The van der Waals surface area contributed by atoms with Crippen molar-refractivity contribution in [3.05, 3.63) is 40.5 Å². The fourth-order valence-electron chi connectivity index (χ4n) is 1.78. The fraction of sp³-hybridized carbons (Fsp3) is 0.333. The van der Waals surface area contributed by atoms with Crippen LogP contribution in [-0.4, -0.2) is 0 Å². The Morgan fingerprint density at radius 2 is 1.62 bits per heavy atom. The predicted molar refractivity (Wildman–Crippen MR) is 58.5 cm³/mol. The van der Waals surface area contributed by atoms with Crippen LogP contribution in [0.2, 0.25) is 0 Å². The van der Waals surface area contributed by atoms with E-state index in [9.17, 15) is 0 Å². The third-order valence-corrected chi connectivity index (χ3v) is 2.28. The normalized spacial score (nSPS) is 11.8. The average molecular weight is 175 g/mol. The lowest BCUT2D eigenvalue weighted by atomic mass is 9.97. The van der Waals surface area contributed by atoms with Crippen LogP contribution < -0.4 is 5.73 Å². The van der Waals surface area contributed by atoms with Gasteiger partial charge in [-0.25, -0.2) is 0 Å². The molecule has 0 amide bonds. The number of hydrogen-bond donors (Lipinski definition) is 1. The maximum atomic E-state index is 5.91. The average Bonchev–Trinajstić information content (AvgIpc) is 2.02. The SMILES string of the molecule is C/C=C(\N)c1c(C)cc(C)cc1C. The van der Waals surface area contributed by atoms with Crippen molar-refractivity contribution >= 4 is 5.70 Å². The monoisotopic (exact) mass is 175 g/mol. The van der Waals surface area contributed by atoms with Crippen LogP contribution >= 0.6 is 0 Å². The molecule has 0 spiro atoms. The molecule has 0 atom stereocenters. The highest BCUT2D eigenvalue weighted by atomic mass is 14.6. The first-order chi connectivity index (χ1) is 6.06. The molecule has 0 unspecified atom stereocenters. The van der Waals surface area contributed by atoms with Crippen molar-refractivity contribution in [1.29, 1.82) is 0 Å². The quantitative estimate of drug-likeness (QED) is 0.697. The van der Waals surface area contributed by atoms with Crippen molar-refractivity contribution < 1.29 is 0 Å². The summed E-state index contributed by atoms with van der Waals surface area (Å²) < 4.78 is 0. The third kappa shape index (κ3) is 1.92. The van der Waals surface area contributed by atoms with Crippen LogP contribution in [0.15, 0.2) is 18.2 Å². The molecule has 0 saturated carbocycles. The second-order valence-electron chi connectivity index (χ2n) is 3.52. The molecule has 1 aromatic rings. The summed E-state index contributed by atoms with van der Waals surface area (Å²) in [7, 11) is 0. The number of nitrogens with two attached hydrogens (primary N) is 1. The maximum Gasteiger partial charge on any atom is 0.0349 e. The van der Waals surface area contributed by atoms with Crippen LogP contribution in [0.1, 0.15) is 29.2 Å². The van der Waals surface area contributed by atoms with Crippen molar-refractivity contribution in [3.63, 3.8) is 0 Å². The maximum absolute atomic E-state index is 5.91. The lowest BCUT2D eigenvalue weighted by Gasteiger charge is -2.10. The van der Waals surface area contributed by atoms with Crippen LogP contribution in [0.5, 0.6) is 0 Å². The van der Waals surface area contributed by atoms with Crippen LogP contribution in [0.4, 0.5) is 0 Å². The van der Waals surface area contributed by atoms with E-state index >= 15 is 0 Å². The molecular weight excluding hydrogens is 158 g/mol. The zero-order valence-electron chi connectivity index (χ0n) is 8.81. The highest BCUT2D eigenvalue weighted by molar-refractivity contribution is 5.68. The molecule has 1 rings (SSSR count). The Morgan fingerprint density at radius 1 is 1.15 bits per heavy atom. The summed E-state index contributed by atoms with van der Waals surface area (Å²) in [6, 6.07) is 4.33. The molecule has 0 fully saturated rings. The van der Waals surface area contributed by atoms with Crippen LogP contribution in [0.3, 0.4) is 0 Å². The minimum Gasteiger partial charge on any atom is -0.398 e. The van der Waals surface area contributed by atoms with Gasteiger partial charge in [0.2, 0.25) is 0 Å². The van der Waals surface area contributed by atoms with Crippen LogP contribution in [-0.2, 0) is 0 Å². The van der Waals surface area contributed by atoms with E-state index in [1.807, 2.05) is 13.0 Å². The summed E-state index contributed by atoms with van der Waals surface area (Å²) in [6.07, 6.45) is 1.95. The van der Waals surface area contributed by atoms with Crippen molar-refractivity contribution in [2.24, 2.45) is 5.73 Å². The number of benzene rings is 1. The number of allylic oxidation sites excluding steroid dienone is 1. The molecule has 13 heavy (non-hydrogen) atoms. The Hall–Kier alpha value is -1.24. The molecule has 1 aromatic carbocycles. The Kier molecular flexibility index (Phi) is 2.76. The second kappa shape index (κ2) is 3.65. The van der Waals surface area contributed by atoms with E-state index in [1.165, 1.54) is 22.3 Å². The summed E-state index contributed by atoms with van der Waals surface area (Å²) in [5, 5.41) is 0. The number of rotatable bonds is 1. The third-order valence-electron chi connectivity index (χ3n) is 2.28. The van der Waals surface area contributed by atoms with Gasteiger partial charge in [-0.1, -0.05) is 23.8 Å². The van der Waals surface area contributed by atoms with Gasteiger partial charge in [-0.05, 0) is 38.8 Å². The van der Waals surface area contributed by atoms with Crippen molar-refractivity contribution in [2.75, 3.05) is 0 Å². The van der Waals surface area contributed by atoms with Gasteiger partial charge in [0.05, 0.1) is 0 Å². The van der Waals surface area contributed by atoms with Gasteiger partial charge in [-0.15, -0.1) is 0 Å². The zero-order chi connectivity index (χ0) is 10.0. The van der Waals surface area contributed by atoms with E-state index in [2.05, 4.69) is 32.9 Å². The van der Waals surface area contributed by atoms with E-state index in [0.717, 1.165) is 5.70 Å². The van der Waals surface area contributed by atoms with E-state index in [-0.39, 0.29) is 0 Å². The molecule has 0 aliphatic rings. The highest BCUT2D eigenvalue weighted by Gasteiger charge is 2.04. The highest BCUT2D eigenvalue weighted by Crippen LogP contribution is 2.20. The molecule has 0 saturated heterocycles. The molecule has 0 aromatic heterocycles. The van der Waals surface area contributed by atoms with Crippen molar-refractivity contribution in [3.8, 4) is 0 Å². The van der Waals surface area contributed by atoms with E-state index < -0.39 is 0 Å². The van der Waals surface area contributed by atoms with Gasteiger partial charge >= 0.3 is 0 Å². The number of aryl methyl sites for hydroxylation is 3. The van der Waals surface area contributed by atoms with Gasteiger partial charge in [0.25, 0.3) is 0 Å². The molecule has 70 valence electrons. The van der Waals surface area contributed by atoms with Crippen molar-refractivity contribution in [1.82, 2.24) is 0 Å². The molecule has 0 heterocycles. The molecule has 2 N–H and O–H groups in total. The van der Waals surface area contributed by atoms with Gasteiger partial charge in [-0.2, -0.15) is 0 Å². The van der Waals surface area contributed by atoms with E-state index in [4.69, 9.17) is 5.73 Å². The Labute approximate surface area is 80.3 Å². The van der Waals surface area contributed by atoms with Gasteiger partial charge in [0.15, 0.2) is 0 Å². The molecular formula is C12H17N. The van der Waals surface area contributed by atoms with Gasteiger partial charge in [0.1, 0.15) is 0 Å². The van der Waals surface area contributed by atoms with Gasteiger partial charge in [0, 0.05) is 11.3 Å². The summed E-state index contributed by atoms with van der Waals surface area (Å²) in [5.41, 5.74) is 11.8. The minimum absolute atomic E-state index is 0.870. The first-order valence-electron chi connectivity index (χ1n) is 4.56. The predicted octanol–water partition coefficient (Wildman–Crippen LogP) is 2.93. The molecule has 0 radical (unpaired) electrons. The molecule has 0 bridgehead atoms.